The third-order valence-electron chi connectivity index (χ3n) is 4.15. The molecule has 1 amide bonds. The quantitative estimate of drug-likeness (QED) is 0.663. The molecule has 0 unspecified atom stereocenters. The van der Waals surface area contributed by atoms with Crippen molar-refractivity contribution in [2.45, 2.75) is 0 Å². The fourth-order valence-electron chi connectivity index (χ4n) is 2.71. The summed E-state index contributed by atoms with van der Waals surface area (Å²) < 4.78 is 32.3. The van der Waals surface area contributed by atoms with Gasteiger partial charge in [-0.1, -0.05) is 12.1 Å². The molecule has 27 heavy (non-hydrogen) atoms. The molecule has 0 saturated carbocycles. The average molecular weight is 369 g/mol. The molecular formula is C20H17F2N3O2. The predicted molar refractivity (Wildman–Crippen MR) is 98.1 cm³/mol. The molecule has 2 aromatic carbocycles. The van der Waals surface area contributed by atoms with E-state index in [2.05, 4.69) is 10.2 Å². The van der Waals surface area contributed by atoms with Crippen LogP contribution in [0, 0.1) is 23.0 Å². The molecule has 1 N–H and O–H groups in total. The number of carbonyl (C=O) groups is 1. The van der Waals surface area contributed by atoms with E-state index >= 15 is 0 Å². The molecule has 5 nitrogen and oxygen atoms in total. The molecular weight excluding hydrogens is 352 g/mol. The van der Waals surface area contributed by atoms with E-state index in [0.717, 1.165) is 30.9 Å². The molecule has 0 aliphatic carbocycles. The highest BCUT2D eigenvalue weighted by Crippen LogP contribution is 2.20. The van der Waals surface area contributed by atoms with Crippen LogP contribution in [0.1, 0.15) is 5.56 Å². The zero-order valence-electron chi connectivity index (χ0n) is 14.4. The van der Waals surface area contributed by atoms with Gasteiger partial charge in [0, 0.05) is 30.0 Å². The van der Waals surface area contributed by atoms with E-state index in [9.17, 15) is 18.8 Å². The third-order valence-corrected chi connectivity index (χ3v) is 4.15. The summed E-state index contributed by atoms with van der Waals surface area (Å²) in [6, 6.07) is 12.5. The van der Waals surface area contributed by atoms with Crippen molar-refractivity contribution in [2.24, 2.45) is 0 Å². The van der Waals surface area contributed by atoms with Gasteiger partial charge in [-0.25, -0.2) is 8.78 Å². The highest BCUT2D eigenvalue weighted by atomic mass is 19.2. The van der Waals surface area contributed by atoms with Crippen LogP contribution in [-0.2, 0) is 9.53 Å². The minimum Gasteiger partial charge on any atom is -0.378 e. The van der Waals surface area contributed by atoms with Crippen LogP contribution in [0.5, 0.6) is 0 Å². The normalized spacial score (nSPS) is 14.6. The first-order chi connectivity index (χ1) is 13.1. The number of hydrogen-bond acceptors (Lipinski definition) is 4. The monoisotopic (exact) mass is 369 g/mol. The third kappa shape index (κ3) is 4.49. The molecule has 1 aliphatic rings. The van der Waals surface area contributed by atoms with Gasteiger partial charge in [0.05, 0.1) is 13.2 Å². The van der Waals surface area contributed by atoms with E-state index < -0.39 is 17.5 Å². The number of benzene rings is 2. The fourth-order valence-corrected chi connectivity index (χ4v) is 2.71. The topological polar surface area (TPSA) is 65.4 Å². The molecule has 7 heteroatoms. The first kappa shape index (κ1) is 18.5. The zero-order valence-corrected chi connectivity index (χ0v) is 14.4. The van der Waals surface area contributed by atoms with Gasteiger partial charge in [0.1, 0.15) is 11.6 Å². The van der Waals surface area contributed by atoms with Crippen LogP contribution in [0.25, 0.3) is 6.08 Å². The Hall–Kier alpha value is -3.24. The lowest BCUT2D eigenvalue weighted by molar-refractivity contribution is -0.112. The van der Waals surface area contributed by atoms with Crippen LogP contribution < -0.4 is 10.2 Å². The van der Waals surface area contributed by atoms with Gasteiger partial charge in [-0.2, -0.15) is 5.26 Å². The van der Waals surface area contributed by atoms with Crippen molar-refractivity contribution < 1.29 is 18.3 Å². The molecule has 1 saturated heterocycles. The SMILES string of the molecule is N#CC(=Cc1cccc(F)c1F)C(=O)Nc1ccc(N2CCOCC2)cc1. The standard InChI is InChI=1S/C20H17F2N3O2/c21-18-3-1-2-14(19(18)22)12-15(13-23)20(26)24-16-4-6-17(7-5-16)25-8-10-27-11-9-25/h1-7,12H,8-11H2,(H,24,26). The molecule has 3 rings (SSSR count). The summed E-state index contributed by atoms with van der Waals surface area (Å²) >= 11 is 0. The second-order valence-corrected chi connectivity index (χ2v) is 5.91. The Bertz CT molecular complexity index is 898. The number of halogens is 2. The van der Waals surface area contributed by atoms with Crippen molar-refractivity contribution in [3.05, 3.63) is 65.2 Å². The Morgan fingerprint density at radius 3 is 2.52 bits per heavy atom. The van der Waals surface area contributed by atoms with Crippen LogP contribution in [0.4, 0.5) is 20.2 Å². The minimum absolute atomic E-state index is 0.163. The van der Waals surface area contributed by atoms with Gasteiger partial charge in [-0.05, 0) is 36.4 Å². The average Bonchev–Trinajstić information content (AvgIpc) is 2.70. The smallest absolute Gasteiger partial charge is 0.266 e. The predicted octanol–water partition coefficient (Wildman–Crippen LogP) is 3.35. The highest BCUT2D eigenvalue weighted by molar-refractivity contribution is 6.09. The van der Waals surface area contributed by atoms with Gasteiger partial charge in [-0.15, -0.1) is 0 Å². The number of amides is 1. The van der Waals surface area contributed by atoms with E-state index in [0.29, 0.717) is 18.9 Å². The molecule has 138 valence electrons. The number of nitrogens with zero attached hydrogens (tertiary/aromatic N) is 2. The maximum Gasteiger partial charge on any atom is 0.266 e. The maximum atomic E-state index is 13.7. The summed E-state index contributed by atoms with van der Waals surface area (Å²) in [5.74, 6) is -2.84. The Morgan fingerprint density at radius 1 is 1.15 bits per heavy atom. The van der Waals surface area contributed by atoms with Crippen molar-refractivity contribution in [3.8, 4) is 6.07 Å². The van der Waals surface area contributed by atoms with Gasteiger partial charge < -0.3 is 15.0 Å². The number of morpholine rings is 1. The first-order valence-electron chi connectivity index (χ1n) is 8.38. The van der Waals surface area contributed by atoms with Gasteiger partial charge in [0.25, 0.3) is 5.91 Å². The summed E-state index contributed by atoms with van der Waals surface area (Å²) in [6.45, 7) is 2.94. The number of hydrogen-bond donors (Lipinski definition) is 1. The van der Waals surface area contributed by atoms with Crippen molar-refractivity contribution in [1.29, 1.82) is 5.26 Å². The molecule has 2 aromatic rings. The number of carbonyl (C=O) groups excluding carboxylic acids is 1. The van der Waals surface area contributed by atoms with E-state index in [1.54, 1.807) is 18.2 Å². The Balaban J connectivity index is 1.72. The lowest BCUT2D eigenvalue weighted by atomic mass is 10.1. The van der Waals surface area contributed by atoms with Crippen LogP contribution in [0.3, 0.4) is 0 Å². The summed E-state index contributed by atoms with van der Waals surface area (Å²) in [6.07, 6.45) is 1.02. The van der Waals surface area contributed by atoms with Crippen LogP contribution in [0.2, 0.25) is 0 Å². The van der Waals surface area contributed by atoms with Gasteiger partial charge in [0.15, 0.2) is 11.6 Å². The molecule has 0 radical (unpaired) electrons. The van der Waals surface area contributed by atoms with Crippen LogP contribution >= 0.6 is 0 Å². The number of nitriles is 1. The first-order valence-corrected chi connectivity index (χ1v) is 8.38. The van der Waals surface area contributed by atoms with Crippen molar-refractivity contribution in [2.75, 3.05) is 36.5 Å². The Labute approximate surface area is 155 Å². The lowest BCUT2D eigenvalue weighted by Crippen LogP contribution is -2.36. The number of rotatable bonds is 4. The van der Waals surface area contributed by atoms with E-state index in [-0.39, 0.29) is 11.1 Å². The largest absolute Gasteiger partial charge is 0.378 e. The second kappa shape index (κ2) is 8.43. The highest BCUT2D eigenvalue weighted by Gasteiger charge is 2.14. The molecule has 0 atom stereocenters. The minimum atomic E-state index is -1.10. The van der Waals surface area contributed by atoms with Crippen LogP contribution in [-0.4, -0.2) is 32.2 Å². The Morgan fingerprint density at radius 2 is 1.85 bits per heavy atom. The maximum absolute atomic E-state index is 13.7. The molecule has 0 aromatic heterocycles. The van der Waals surface area contributed by atoms with Crippen molar-refractivity contribution >= 4 is 23.4 Å². The van der Waals surface area contributed by atoms with E-state index in [4.69, 9.17) is 4.74 Å². The summed E-state index contributed by atoms with van der Waals surface area (Å²) in [5.41, 5.74) is 1.02. The van der Waals surface area contributed by atoms with Gasteiger partial charge >= 0.3 is 0 Å². The van der Waals surface area contributed by atoms with Crippen molar-refractivity contribution in [1.82, 2.24) is 0 Å². The Kier molecular flexibility index (Phi) is 5.79. The van der Waals surface area contributed by atoms with E-state index in [1.165, 1.54) is 12.1 Å². The summed E-state index contributed by atoms with van der Waals surface area (Å²) in [4.78, 5) is 14.5. The van der Waals surface area contributed by atoms with Crippen molar-refractivity contribution in [3.63, 3.8) is 0 Å². The summed E-state index contributed by atoms with van der Waals surface area (Å²) in [5, 5.41) is 11.8. The fraction of sp³-hybridized carbons (Fsp3) is 0.200. The lowest BCUT2D eigenvalue weighted by Gasteiger charge is -2.28. The molecule has 0 spiro atoms. The van der Waals surface area contributed by atoms with Crippen LogP contribution in [0.15, 0.2) is 48.0 Å². The summed E-state index contributed by atoms with van der Waals surface area (Å²) in [7, 11) is 0. The molecule has 1 heterocycles. The second-order valence-electron chi connectivity index (χ2n) is 5.91. The number of anilines is 2. The van der Waals surface area contributed by atoms with E-state index in [1.807, 2.05) is 12.1 Å². The number of ether oxygens (including phenoxy) is 1. The van der Waals surface area contributed by atoms with Gasteiger partial charge in [-0.3, -0.25) is 4.79 Å². The van der Waals surface area contributed by atoms with Gasteiger partial charge in [0.2, 0.25) is 0 Å². The molecule has 0 bridgehead atoms. The molecule has 1 fully saturated rings. The molecule has 1 aliphatic heterocycles. The number of nitrogens with one attached hydrogen (secondary N) is 1. The zero-order chi connectivity index (χ0) is 19.2.